The summed E-state index contributed by atoms with van der Waals surface area (Å²) < 4.78 is 0. The molecule has 0 atom stereocenters. The van der Waals surface area contributed by atoms with Gasteiger partial charge in [0.05, 0.1) is 11.4 Å². The van der Waals surface area contributed by atoms with Crippen LogP contribution in [0.4, 0.5) is 16.2 Å². The molecule has 0 radical (unpaired) electrons. The number of carbonyl (C=O) groups excluding carboxylic acids is 1. The number of aryl methyl sites for hydroxylation is 2. The zero-order chi connectivity index (χ0) is 20.8. The molecule has 3 nitrogen and oxygen atoms in total. The lowest BCUT2D eigenvalue weighted by Gasteiger charge is -2.29. The summed E-state index contributed by atoms with van der Waals surface area (Å²) in [5, 5.41) is 0. The van der Waals surface area contributed by atoms with Crippen LogP contribution >= 0.6 is 0 Å². The van der Waals surface area contributed by atoms with Crippen molar-refractivity contribution in [3.05, 3.63) is 57.6 Å². The fraction of sp³-hybridized carbons (Fsp3) is 0.480. The minimum Gasteiger partial charge on any atom is -0.351 e. The lowest BCUT2D eigenvalue weighted by molar-refractivity contribution is 0.256. The average Bonchev–Trinajstić information content (AvgIpc) is 2.72. The van der Waals surface area contributed by atoms with Gasteiger partial charge < -0.3 is 5.73 Å². The predicted octanol–water partition coefficient (Wildman–Crippen LogP) is 6.28. The maximum Gasteiger partial charge on any atom is 0.323 e. The van der Waals surface area contributed by atoms with E-state index in [2.05, 4.69) is 65.8 Å². The maximum absolute atomic E-state index is 12.7. The molecule has 0 aliphatic rings. The van der Waals surface area contributed by atoms with Crippen molar-refractivity contribution in [2.24, 2.45) is 5.73 Å². The summed E-state index contributed by atoms with van der Waals surface area (Å²) >= 11 is 0. The number of hydrogen-bond acceptors (Lipinski definition) is 1. The van der Waals surface area contributed by atoms with Gasteiger partial charge in [0, 0.05) is 0 Å². The van der Waals surface area contributed by atoms with Crippen molar-refractivity contribution < 1.29 is 4.79 Å². The van der Waals surface area contributed by atoms with Crippen LogP contribution in [-0.2, 0) is 38.5 Å². The number of benzene rings is 2. The van der Waals surface area contributed by atoms with Gasteiger partial charge in [-0.1, -0.05) is 53.7 Å². The highest BCUT2D eigenvalue weighted by Gasteiger charge is 2.24. The van der Waals surface area contributed by atoms with Gasteiger partial charge in [-0.25, -0.2) is 4.79 Å². The summed E-state index contributed by atoms with van der Waals surface area (Å²) in [6, 6.07) is 8.08. The standard InChI is InChI=1S/C25H36N2O/c1-7-17-13-15-23(21(11-5)19(17)9-3)27(25(26)28)24-16-14-18(8-2)20(10-4)22(24)12-6/h13-16H,7-12H2,1-6H3,(H2,26,28). The second kappa shape index (κ2) is 9.77. The van der Waals surface area contributed by atoms with Gasteiger partial charge in [0.15, 0.2) is 0 Å². The van der Waals surface area contributed by atoms with Gasteiger partial charge in [0.2, 0.25) is 0 Å². The molecule has 2 amide bonds. The van der Waals surface area contributed by atoms with Crippen molar-refractivity contribution in [1.29, 1.82) is 0 Å². The van der Waals surface area contributed by atoms with Crippen LogP contribution in [-0.4, -0.2) is 6.03 Å². The molecule has 0 spiro atoms. The first kappa shape index (κ1) is 22.0. The fourth-order valence-corrected chi connectivity index (χ4v) is 4.58. The molecule has 0 saturated heterocycles. The fourth-order valence-electron chi connectivity index (χ4n) is 4.58. The Labute approximate surface area is 170 Å². The third-order valence-corrected chi connectivity index (χ3v) is 5.89. The van der Waals surface area contributed by atoms with Crippen LogP contribution in [0, 0.1) is 0 Å². The summed E-state index contributed by atoms with van der Waals surface area (Å²) in [5.41, 5.74) is 15.7. The number of primary amides is 1. The molecule has 0 aromatic heterocycles. The van der Waals surface area contributed by atoms with Crippen LogP contribution in [0.25, 0.3) is 0 Å². The van der Waals surface area contributed by atoms with E-state index in [-0.39, 0.29) is 0 Å². The molecule has 0 fully saturated rings. The normalized spacial score (nSPS) is 10.9. The topological polar surface area (TPSA) is 46.3 Å². The molecular weight excluding hydrogens is 344 g/mol. The second-order valence-corrected chi connectivity index (χ2v) is 7.20. The first-order valence-corrected chi connectivity index (χ1v) is 10.8. The van der Waals surface area contributed by atoms with Crippen molar-refractivity contribution in [2.75, 3.05) is 4.90 Å². The largest absolute Gasteiger partial charge is 0.351 e. The van der Waals surface area contributed by atoms with E-state index in [1.807, 2.05) is 0 Å². The van der Waals surface area contributed by atoms with Gasteiger partial charge in [-0.05, 0) is 84.0 Å². The Bertz CT molecular complexity index is 775. The van der Waals surface area contributed by atoms with Crippen LogP contribution in [0.3, 0.4) is 0 Å². The maximum atomic E-state index is 12.7. The van der Waals surface area contributed by atoms with Crippen LogP contribution in [0.2, 0.25) is 0 Å². The van der Waals surface area contributed by atoms with Gasteiger partial charge >= 0.3 is 6.03 Å². The smallest absolute Gasteiger partial charge is 0.323 e. The average molecular weight is 381 g/mol. The van der Waals surface area contributed by atoms with E-state index in [0.717, 1.165) is 49.9 Å². The summed E-state index contributed by atoms with van der Waals surface area (Å²) in [7, 11) is 0. The Morgan fingerprint density at radius 2 is 1.00 bits per heavy atom. The van der Waals surface area contributed by atoms with Crippen molar-refractivity contribution in [1.82, 2.24) is 0 Å². The van der Waals surface area contributed by atoms with E-state index >= 15 is 0 Å². The number of carbonyl (C=O) groups is 1. The molecule has 0 heterocycles. The molecule has 2 N–H and O–H groups in total. The van der Waals surface area contributed by atoms with Gasteiger partial charge in [-0.3, -0.25) is 4.90 Å². The third kappa shape index (κ3) is 3.94. The first-order chi connectivity index (χ1) is 13.5. The molecule has 152 valence electrons. The van der Waals surface area contributed by atoms with E-state index in [1.165, 1.54) is 33.4 Å². The highest BCUT2D eigenvalue weighted by atomic mass is 16.2. The molecule has 0 aliphatic heterocycles. The molecule has 2 aromatic carbocycles. The third-order valence-electron chi connectivity index (χ3n) is 5.89. The van der Waals surface area contributed by atoms with Gasteiger partial charge in [0.25, 0.3) is 0 Å². The molecule has 2 rings (SSSR count). The van der Waals surface area contributed by atoms with Crippen LogP contribution in [0.15, 0.2) is 24.3 Å². The number of rotatable bonds is 8. The van der Waals surface area contributed by atoms with Gasteiger partial charge in [0.1, 0.15) is 0 Å². The molecule has 0 aliphatic carbocycles. The monoisotopic (exact) mass is 380 g/mol. The zero-order valence-corrected chi connectivity index (χ0v) is 18.5. The van der Waals surface area contributed by atoms with Crippen molar-refractivity contribution in [2.45, 2.75) is 80.1 Å². The predicted molar refractivity (Wildman–Crippen MR) is 121 cm³/mol. The molecule has 0 unspecified atom stereocenters. The van der Waals surface area contributed by atoms with Gasteiger partial charge in [-0.15, -0.1) is 0 Å². The van der Waals surface area contributed by atoms with Gasteiger partial charge in [-0.2, -0.15) is 0 Å². The first-order valence-electron chi connectivity index (χ1n) is 10.8. The zero-order valence-electron chi connectivity index (χ0n) is 18.5. The minimum absolute atomic E-state index is 0.415. The lowest BCUT2D eigenvalue weighted by Crippen LogP contribution is -2.33. The molecule has 28 heavy (non-hydrogen) atoms. The summed E-state index contributed by atoms with van der Waals surface area (Å²) in [6.45, 7) is 13.1. The Balaban J connectivity index is 2.80. The Hall–Kier alpha value is -2.29. The summed E-state index contributed by atoms with van der Waals surface area (Å²) in [6.07, 6.45) is 5.68. The van der Waals surface area contributed by atoms with E-state index in [0.29, 0.717) is 0 Å². The van der Waals surface area contributed by atoms with Crippen LogP contribution in [0.1, 0.15) is 74.9 Å². The molecule has 0 bridgehead atoms. The van der Waals surface area contributed by atoms with E-state index in [4.69, 9.17) is 5.73 Å². The Morgan fingerprint density at radius 1 is 0.643 bits per heavy atom. The number of urea groups is 1. The van der Waals surface area contributed by atoms with Crippen molar-refractivity contribution in [3.63, 3.8) is 0 Å². The van der Waals surface area contributed by atoms with Crippen molar-refractivity contribution >= 4 is 17.4 Å². The molecule has 0 saturated carbocycles. The molecule has 3 heteroatoms. The number of amides is 2. The van der Waals surface area contributed by atoms with Crippen LogP contribution < -0.4 is 10.6 Å². The summed E-state index contributed by atoms with van der Waals surface area (Å²) in [5.74, 6) is 0. The molecule has 2 aromatic rings. The number of hydrogen-bond donors (Lipinski definition) is 1. The highest BCUT2D eigenvalue weighted by Crippen LogP contribution is 2.37. The Kier molecular flexibility index (Phi) is 7.68. The van der Waals surface area contributed by atoms with E-state index in [9.17, 15) is 4.79 Å². The number of anilines is 2. The SMILES string of the molecule is CCc1ccc(N(C(N)=O)c2ccc(CC)c(CC)c2CC)c(CC)c1CC. The molecular formula is C25H36N2O. The lowest BCUT2D eigenvalue weighted by atomic mass is 9.91. The van der Waals surface area contributed by atoms with E-state index in [1.54, 1.807) is 4.90 Å². The Morgan fingerprint density at radius 3 is 1.25 bits per heavy atom. The summed E-state index contributed by atoms with van der Waals surface area (Å²) in [4.78, 5) is 14.4. The number of nitrogens with zero attached hydrogens (tertiary/aromatic N) is 1. The number of nitrogens with two attached hydrogens (primary N) is 1. The second-order valence-electron chi connectivity index (χ2n) is 7.20. The van der Waals surface area contributed by atoms with E-state index < -0.39 is 6.03 Å². The minimum atomic E-state index is -0.415. The van der Waals surface area contributed by atoms with Crippen molar-refractivity contribution in [3.8, 4) is 0 Å². The van der Waals surface area contributed by atoms with Crippen LogP contribution in [0.5, 0.6) is 0 Å². The quantitative estimate of drug-likeness (QED) is 0.576. The highest BCUT2D eigenvalue weighted by molar-refractivity contribution is 6.00.